The number of ether oxygens (including phenoxy) is 1. The van der Waals surface area contributed by atoms with Crippen LogP contribution >= 0.6 is 11.6 Å². The summed E-state index contributed by atoms with van der Waals surface area (Å²) in [5.41, 5.74) is 1.48. The van der Waals surface area contributed by atoms with Crippen molar-refractivity contribution in [2.24, 2.45) is 0 Å². The van der Waals surface area contributed by atoms with E-state index in [4.69, 9.17) is 16.3 Å². The van der Waals surface area contributed by atoms with Gasteiger partial charge in [0.2, 0.25) is 0 Å². The van der Waals surface area contributed by atoms with E-state index in [2.05, 4.69) is 25.5 Å². The summed E-state index contributed by atoms with van der Waals surface area (Å²) in [6, 6.07) is 12.7. The first kappa shape index (κ1) is 22.9. The van der Waals surface area contributed by atoms with Gasteiger partial charge in [-0.25, -0.2) is 13.8 Å². The summed E-state index contributed by atoms with van der Waals surface area (Å²) in [5.74, 6) is -1.05. The molecular weight excluding hydrogens is 476 g/mol. The molecule has 7 nitrogen and oxygen atoms in total. The fourth-order valence-corrected chi connectivity index (χ4v) is 4.00. The maximum atomic E-state index is 14.6. The van der Waals surface area contributed by atoms with Crippen LogP contribution in [-0.4, -0.2) is 42.1 Å². The van der Waals surface area contributed by atoms with Crippen LogP contribution in [0, 0.1) is 11.6 Å². The van der Waals surface area contributed by atoms with Crippen molar-refractivity contribution < 1.29 is 18.3 Å². The number of anilines is 2. The Hall–Kier alpha value is -3.82. The van der Waals surface area contributed by atoms with Gasteiger partial charge in [-0.1, -0.05) is 17.7 Å². The standard InChI is InChI=1S/C25H20ClF2N5O2/c26-23-20(32-25(34)15-2-1-3-16(27)12-15)7-5-18(28)24(23)35-17-4-6-19-21(13-17)31-22(14-30-19)33-10-8-29-9-11-33/h1-7,12-14,29H,8-11H2,(H,32,34). The lowest BCUT2D eigenvalue weighted by molar-refractivity contribution is 0.102. The summed E-state index contributed by atoms with van der Waals surface area (Å²) in [5, 5.41) is 5.73. The molecule has 0 atom stereocenters. The average Bonchev–Trinajstić information content (AvgIpc) is 2.88. The minimum absolute atomic E-state index is 0.0984. The Morgan fingerprint density at radius 3 is 2.69 bits per heavy atom. The summed E-state index contributed by atoms with van der Waals surface area (Å²) in [6.45, 7) is 3.39. The zero-order chi connectivity index (χ0) is 24.4. The zero-order valence-electron chi connectivity index (χ0n) is 18.4. The Morgan fingerprint density at radius 1 is 1.06 bits per heavy atom. The van der Waals surface area contributed by atoms with Crippen molar-refractivity contribution in [2.75, 3.05) is 36.4 Å². The Morgan fingerprint density at radius 2 is 1.89 bits per heavy atom. The van der Waals surface area contributed by atoms with Crippen molar-refractivity contribution in [1.82, 2.24) is 15.3 Å². The predicted octanol–water partition coefficient (Wildman–Crippen LogP) is 5.02. The van der Waals surface area contributed by atoms with Gasteiger partial charge in [0, 0.05) is 37.8 Å². The highest BCUT2D eigenvalue weighted by molar-refractivity contribution is 6.35. The van der Waals surface area contributed by atoms with Crippen molar-refractivity contribution in [3.8, 4) is 11.5 Å². The second-order valence-electron chi connectivity index (χ2n) is 7.92. The first-order valence-electron chi connectivity index (χ1n) is 10.9. The predicted molar refractivity (Wildman–Crippen MR) is 130 cm³/mol. The molecule has 5 rings (SSSR count). The summed E-state index contributed by atoms with van der Waals surface area (Å²) in [6.07, 6.45) is 1.73. The van der Waals surface area contributed by atoms with Crippen LogP contribution in [0.25, 0.3) is 11.0 Å². The number of nitrogens with zero attached hydrogens (tertiary/aromatic N) is 3. The number of hydrogen-bond acceptors (Lipinski definition) is 6. The minimum Gasteiger partial charge on any atom is -0.453 e. The van der Waals surface area contributed by atoms with Crippen LogP contribution in [0.3, 0.4) is 0 Å². The quantitative estimate of drug-likeness (QED) is 0.405. The van der Waals surface area contributed by atoms with Crippen LogP contribution in [0.4, 0.5) is 20.3 Å². The van der Waals surface area contributed by atoms with E-state index in [1.54, 1.807) is 24.4 Å². The number of carbonyl (C=O) groups excluding carboxylic acids is 1. The molecule has 2 heterocycles. The molecule has 0 aliphatic carbocycles. The smallest absolute Gasteiger partial charge is 0.255 e. The van der Waals surface area contributed by atoms with E-state index in [0.29, 0.717) is 16.8 Å². The molecule has 0 saturated carbocycles. The van der Waals surface area contributed by atoms with Crippen LogP contribution in [0.2, 0.25) is 5.02 Å². The van der Waals surface area contributed by atoms with E-state index in [1.165, 1.54) is 24.3 Å². The van der Waals surface area contributed by atoms with Crippen molar-refractivity contribution in [1.29, 1.82) is 0 Å². The van der Waals surface area contributed by atoms with Gasteiger partial charge < -0.3 is 20.3 Å². The van der Waals surface area contributed by atoms with E-state index in [1.807, 2.05) is 0 Å². The number of nitrogens with one attached hydrogen (secondary N) is 2. The van der Waals surface area contributed by atoms with E-state index in [0.717, 1.165) is 44.1 Å². The van der Waals surface area contributed by atoms with Gasteiger partial charge >= 0.3 is 0 Å². The summed E-state index contributed by atoms with van der Waals surface area (Å²) < 4.78 is 33.9. The normalized spacial score (nSPS) is 13.6. The Labute approximate surface area is 204 Å². The summed E-state index contributed by atoms with van der Waals surface area (Å²) in [7, 11) is 0. The molecule has 1 fully saturated rings. The molecule has 2 N–H and O–H groups in total. The molecule has 4 aromatic rings. The van der Waals surface area contributed by atoms with Crippen LogP contribution in [0.15, 0.2) is 60.8 Å². The van der Waals surface area contributed by atoms with Gasteiger partial charge in [-0.05, 0) is 42.5 Å². The number of hydrogen-bond donors (Lipinski definition) is 2. The van der Waals surface area contributed by atoms with Gasteiger partial charge in [0.05, 0.1) is 22.9 Å². The van der Waals surface area contributed by atoms with Gasteiger partial charge in [-0.2, -0.15) is 0 Å². The zero-order valence-corrected chi connectivity index (χ0v) is 19.1. The lowest BCUT2D eigenvalue weighted by atomic mass is 10.2. The Balaban J connectivity index is 1.40. The van der Waals surface area contributed by atoms with Crippen LogP contribution < -0.4 is 20.3 Å². The number of aromatic nitrogens is 2. The van der Waals surface area contributed by atoms with Crippen LogP contribution in [0.1, 0.15) is 10.4 Å². The average molecular weight is 496 g/mol. The number of rotatable bonds is 5. The fraction of sp³-hybridized carbons (Fsp3) is 0.160. The van der Waals surface area contributed by atoms with Crippen molar-refractivity contribution >= 4 is 40.0 Å². The highest BCUT2D eigenvalue weighted by atomic mass is 35.5. The fourth-order valence-electron chi connectivity index (χ4n) is 3.76. The van der Waals surface area contributed by atoms with Crippen LogP contribution in [0.5, 0.6) is 11.5 Å². The van der Waals surface area contributed by atoms with Crippen molar-refractivity contribution in [2.45, 2.75) is 0 Å². The SMILES string of the molecule is O=C(Nc1ccc(F)c(Oc2ccc3ncc(N4CCNCC4)nc3c2)c1Cl)c1cccc(F)c1. The maximum Gasteiger partial charge on any atom is 0.255 e. The molecule has 3 aromatic carbocycles. The number of piperazine rings is 1. The van der Waals surface area contributed by atoms with Gasteiger partial charge in [-0.3, -0.25) is 9.78 Å². The lowest BCUT2D eigenvalue weighted by Gasteiger charge is -2.28. The van der Waals surface area contributed by atoms with Crippen molar-refractivity contribution in [3.63, 3.8) is 0 Å². The van der Waals surface area contributed by atoms with Gasteiger partial charge in [0.15, 0.2) is 11.6 Å². The first-order valence-corrected chi connectivity index (χ1v) is 11.3. The molecule has 178 valence electrons. The molecule has 0 radical (unpaired) electrons. The lowest BCUT2D eigenvalue weighted by Crippen LogP contribution is -2.43. The maximum absolute atomic E-state index is 14.6. The molecule has 1 amide bonds. The number of halogens is 3. The molecule has 0 unspecified atom stereocenters. The number of fused-ring (bicyclic) bond motifs is 1. The van der Waals surface area contributed by atoms with E-state index >= 15 is 0 Å². The van der Waals surface area contributed by atoms with Gasteiger partial charge in [0.1, 0.15) is 22.4 Å². The number of amides is 1. The minimum atomic E-state index is -0.709. The third-order valence-corrected chi connectivity index (χ3v) is 5.92. The molecule has 10 heteroatoms. The number of benzene rings is 3. The third-order valence-electron chi connectivity index (χ3n) is 5.55. The first-order chi connectivity index (χ1) is 17.0. The topological polar surface area (TPSA) is 79.4 Å². The highest BCUT2D eigenvalue weighted by Gasteiger charge is 2.18. The van der Waals surface area contributed by atoms with Crippen molar-refractivity contribution in [3.05, 3.63) is 83.0 Å². The molecule has 0 spiro atoms. The van der Waals surface area contributed by atoms with Gasteiger partial charge in [0.25, 0.3) is 5.91 Å². The highest BCUT2D eigenvalue weighted by Crippen LogP contribution is 2.38. The third kappa shape index (κ3) is 5.01. The summed E-state index contributed by atoms with van der Waals surface area (Å²) >= 11 is 6.38. The summed E-state index contributed by atoms with van der Waals surface area (Å²) in [4.78, 5) is 23.8. The molecule has 1 aromatic heterocycles. The second kappa shape index (κ2) is 9.81. The molecule has 35 heavy (non-hydrogen) atoms. The molecule has 0 bridgehead atoms. The second-order valence-corrected chi connectivity index (χ2v) is 8.30. The largest absolute Gasteiger partial charge is 0.453 e. The number of carbonyl (C=O) groups is 1. The van der Waals surface area contributed by atoms with E-state index in [-0.39, 0.29) is 22.0 Å². The Kier molecular flexibility index (Phi) is 6.43. The molecule has 1 aliphatic rings. The molecular formula is C25H20ClF2N5O2. The van der Waals surface area contributed by atoms with E-state index < -0.39 is 17.5 Å². The van der Waals surface area contributed by atoms with E-state index in [9.17, 15) is 13.6 Å². The molecule has 1 aliphatic heterocycles. The van der Waals surface area contributed by atoms with Gasteiger partial charge in [-0.15, -0.1) is 0 Å². The Bertz CT molecular complexity index is 1410. The monoisotopic (exact) mass is 495 g/mol. The molecule has 1 saturated heterocycles. The van der Waals surface area contributed by atoms with Crippen LogP contribution in [-0.2, 0) is 0 Å².